The quantitative estimate of drug-likeness (QED) is 0.836. The molecule has 112 valence electrons. The fourth-order valence-corrected chi connectivity index (χ4v) is 2.53. The molecule has 2 N–H and O–H groups in total. The number of amides is 1. The van der Waals surface area contributed by atoms with Crippen LogP contribution >= 0.6 is 12.4 Å². The maximum absolute atomic E-state index is 12.5. The Balaban J connectivity index is 0.00000161. The minimum Gasteiger partial charge on any atom is -0.337 e. The van der Waals surface area contributed by atoms with E-state index in [2.05, 4.69) is 10.3 Å². The molecule has 2 heterocycles. The Labute approximate surface area is 128 Å². The van der Waals surface area contributed by atoms with Crippen molar-refractivity contribution in [1.29, 1.82) is 0 Å². The zero-order chi connectivity index (χ0) is 13.9. The number of carbonyl (C=O) groups is 1. The Morgan fingerprint density at radius 3 is 2.81 bits per heavy atom. The van der Waals surface area contributed by atoms with Crippen molar-refractivity contribution in [3.05, 3.63) is 46.2 Å². The predicted octanol–water partition coefficient (Wildman–Crippen LogP) is 1.39. The highest BCUT2D eigenvalue weighted by molar-refractivity contribution is 5.97. The summed E-state index contributed by atoms with van der Waals surface area (Å²) in [4.78, 5) is 29.1. The van der Waals surface area contributed by atoms with E-state index in [0.29, 0.717) is 13.1 Å². The molecule has 5 nitrogen and oxygen atoms in total. The molecular formula is C15H18ClN3O2. The van der Waals surface area contributed by atoms with Crippen molar-refractivity contribution >= 4 is 29.2 Å². The standard InChI is InChI=1S/C15H17N3O2.ClH/c19-14-12(10-11-4-1-2-5-13(11)17-14)15(20)18-8-3-6-16-7-9-18;/h1-2,4-5,10,16H,3,6-9H2,(H,17,19);1H. The second-order valence-electron chi connectivity index (χ2n) is 5.00. The van der Waals surface area contributed by atoms with Gasteiger partial charge < -0.3 is 15.2 Å². The summed E-state index contributed by atoms with van der Waals surface area (Å²) in [7, 11) is 0. The number of H-pyrrole nitrogens is 1. The van der Waals surface area contributed by atoms with Gasteiger partial charge in [0, 0.05) is 25.2 Å². The Morgan fingerprint density at radius 2 is 1.95 bits per heavy atom. The lowest BCUT2D eigenvalue weighted by Gasteiger charge is -2.19. The second kappa shape index (κ2) is 6.74. The molecule has 6 heteroatoms. The van der Waals surface area contributed by atoms with Crippen LogP contribution in [0, 0.1) is 0 Å². The minimum absolute atomic E-state index is 0. The average Bonchev–Trinajstić information content (AvgIpc) is 2.75. The zero-order valence-electron chi connectivity index (χ0n) is 11.6. The number of nitrogens with one attached hydrogen (secondary N) is 2. The van der Waals surface area contributed by atoms with E-state index in [9.17, 15) is 9.59 Å². The maximum Gasteiger partial charge on any atom is 0.261 e. The smallest absolute Gasteiger partial charge is 0.261 e. The van der Waals surface area contributed by atoms with E-state index >= 15 is 0 Å². The molecule has 0 unspecified atom stereocenters. The molecule has 0 bridgehead atoms. The molecule has 1 aromatic heterocycles. The highest BCUT2D eigenvalue weighted by Crippen LogP contribution is 2.12. The molecule has 3 rings (SSSR count). The molecular weight excluding hydrogens is 290 g/mol. The van der Waals surface area contributed by atoms with Gasteiger partial charge in [-0.15, -0.1) is 12.4 Å². The lowest BCUT2D eigenvalue weighted by atomic mass is 10.1. The molecule has 1 aliphatic heterocycles. The first-order chi connectivity index (χ1) is 9.75. The maximum atomic E-state index is 12.5. The highest BCUT2D eigenvalue weighted by Gasteiger charge is 2.20. The molecule has 1 saturated heterocycles. The van der Waals surface area contributed by atoms with E-state index in [1.54, 1.807) is 11.0 Å². The summed E-state index contributed by atoms with van der Waals surface area (Å²) in [6, 6.07) is 9.17. The molecule has 0 aliphatic carbocycles. The third-order valence-electron chi connectivity index (χ3n) is 3.61. The summed E-state index contributed by atoms with van der Waals surface area (Å²) < 4.78 is 0. The van der Waals surface area contributed by atoms with E-state index in [-0.39, 0.29) is 29.4 Å². The Hall–Kier alpha value is -1.85. The summed E-state index contributed by atoms with van der Waals surface area (Å²) >= 11 is 0. The number of pyridine rings is 1. The van der Waals surface area contributed by atoms with Crippen LogP contribution in [0.25, 0.3) is 10.9 Å². The van der Waals surface area contributed by atoms with Crippen LogP contribution in [-0.2, 0) is 0 Å². The first-order valence-electron chi connectivity index (χ1n) is 6.88. The number of hydrogen-bond acceptors (Lipinski definition) is 3. The number of carbonyl (C=O) groups excluding carboxylic acids is 1. The van der Waals surface area contributed by atoms with Gasteiger partial charge in [0.2, 0.25) is 0 Å². The fourth-order valence-electron chi connectivity index (χ4n) is 2.53. The van der Waals surface area contributed by atoms with Crippen molar-refractivity contribution in [2.24, 2.45) is 0 Å². The molecule has 0 atom stereocenters. The molecule has 21 heavy (non-hydrogen) atoms. The molecule has 0 spiro atoms. The molecule has 1 fully saturated rings. The van der Waals surface area contributed by atoms with Gasteiger partial charge in [0.15, 0.2) is 0 Å². The highest BCUT2D eigenvalue weighted by atomic mass is 35.5. The normalized spacial score (nSPS) is 15.3. The van der Waals surface area contributed by atoms with Crippen LogP contribution in [0.4, 0.5) is 0 Å². The SMILES string of the molecule is Cl.O=C(c1cc2ccccc2[nH]c1=O)N1CCCNCC1. The summed E-state index contributed by atoms with van der Waals surface area (Å²) in [6.45, 7) is 3.03. The number of benzene rings is 1. The Kier molecular flexibility index (Phi) is 4.98. The van der Waals surface area contributed by atoms with E-state index < -0.39 is 0 Å². The van der Waals surface area contributed by atoms with Crippen molar-refractivity contribution in [2.45, 2.75) is 6.42 Å². The van der Waals surface area contributed by atoms with E-state index in [0.717, 1.165) is 30.4 Å². The Morgan fingerprint density at radius 1 is 1.14 bits per heavy atom. The van der Waals surface area contributed by atoms with Crippen LogP contribution < -0.4 is 10.9 Å². The number of aromatic nitrogens is 1. The van der Waals surface area contributed by atoms with Crippen LogP contribution in [0.1, 0.15) is 16.8 Å². The van der Waals surface area contributed by atoms with Gasteiger partial charge >= 0.3 is 0 Å². The summed E-state index contributed by atoms with van der Waals surface area (Å²) in [5.41, 5.74) is 0.670. The van der Waals surface area contributed by atoms with Crippen LogP contribution in [0.5, 0.6) is 0 Å². The van der Waals surface area contributed by atoms with Gasteiger partial charge in [-0.25, -0.2) is 0 Å². The predicted molar refractivity (Wildman–Crippen MR) is 85.2 cm³/mol. The summed E-state index contributed by atoms with van der Waals surface area (Å²) in [6.07, 6.45) is 0.914. The number of para-hydroxylation sites is 1. The number of halogens is 1. The first-order valence-corrected chi connectivity index (χ1v) is 6.88. The largest absolute Gasteiger partial charge is 0.337 e. The lowest BCUT2D eigenvalue weighted by Crippen LogP contribution is -2.37. The van der Waals surface area contributed by atoms with Crippen molar-refractivity contribution in [2.75, 3.05) is 26.2 Å². The minimum atomic E-state index is -0.314. The van der Waals surface area contributed by atoms with Crippen molar-refractivity contribution in [3.63, 3.8) is 0 Å². The van der Waals surface area contributed by atoms with Crippen molar-refractivity contribution in [1.82, 2.24) is 15.2 Å². The van der Waals surface area contributed by atoms with Gasteiger partial charge in [-0.05, 0) is 30.5 Å². The van der Waals surface area contributed by atoms with Gasteiger partial charge in [-0.1, -0.05) is 18.2 Å². The van der Waals surface area contributed by atoms with Gasteiger partial charge in [0.05, 0.1) is 0 Å². The summed E-state index contributed by atoms with van der Waals surface area (Å²) in [5, 5.41) is 4.13. The second-order valence-corrected chi connectivity index (χ2v) is 5.00. The van der Waals surface area contributed by atoms with E-state index in [4.69, 9.17) is 0 Å². The van der Waals surface area contributed by atoms with Crippen LogP contribution in [0.3, 0.4) is 0 Å². The van der Waals surface area contributed by atoms with Gasteiger partial charge in [0.1, 0.15) is 5.56 Å². The number of hydrogen-bond donors (Lipinski definition) is 2. The monoisotopic (exact) mass is 307 g/mol. The van der Waals surface area contributed by atoms with Crippen molar-refractivity contribution in [3.8, 4) is 0 Å². The third kappa shape index (κ3) is 3.25. The van der Waals surface area contributed by atoms with Gasteiger partial charge in [-0.2, -0.15) is 0 Å². The number of aromatic amines is 1. The van der Waals surface area contributed by atoms with Crippen LogP contribution in [0.15, 0.2) is 35.1 Å². The lowest BCUT2D eigenvalue weighted by molar-refractivity contribution is 0.0765. The topological polar surface area (TPSA) is 65.2 Å². The third-order valence-corrected chi connectivity index (χ3v) is 3.61. The van der Waals surface area contributed by atoms with E-state index in [1.807, 2.05) is 24.3 Å². The zero-order valence-corrected chi connectivity index (χ0v) is 12.4. The molecule has 1 aliphatic rings. The van der Waals surface area contributed by atoms with Crippen molar-refractivity contribution < 1.29 is 4.79 Å². The number of fused-ring (bicyclic) bond motifs is 1. The van der Waals surface area contributed by atoms with Gasteiger partial charge in [-0.3, -0.25) is 9.59 Å². The molecule has 2 aromatic rings. The van der Waals surface area contributed by atoms with E-state index in [1.165, 1.54) is 0 Å². The number of rotatable bonds is 1. The fraction of sp³-hybridized carbons (Fsp3) is 0.333. The molecule has 0 saturated carbocycles. The number of nitrogens with zero attached hydrogens (tertiary/aromatic N) is 1. The van der Waals surface area contributed by atoms with Crippen LogP contribution in [-0.4, -0.2) is 42.0 Å². The molecule has 1 amide bonds. The van der Waals surface area contributed by atoms with Crippen LogP contribution in [0.2, 0.25) is 0 Å². The Bertz CT molecular complexity index is 691. The molecule has 0 radical (unpaired) electrons. The summed E-state index contributed by atoms with van der Waals surface area (Å²) in [5.74, 6) is -0.180. The average molecular weight is 308 g/mol. The van der Waals surface area contributed by atoms with Gasteiger partial charge in [0.25, 0.3) is 11.5 Å². The molecule has 1 aromatic carbocycles. The first kappa shape index (κ1) is 15.5.